The second-order valence-corrected chi connectivity index (χ2v) is 5.76. The summed E-state index contributed by atoms with van der Waals surface area (Å²) in [6, 6.07) is 4.72. The van der Waals surface area contributed by atoms with E-state index in [-0.39, 0.29) is 10.6 Å². The van der Waals surface area contributed by atoms with Gasteiger partial charge in [0, 0.05) is 10.4 Å². The molecule has 1 aromatic carbocycles. The Morgan fingerprint density at radius 3 is 2.36 bits per heavy atom. The van der Waals surface area contributed by atoms with Gasteiger partial charge in [0.1, 0.15) is 10.8 Å². The van der Waals surface area contributed by atoms with Crippen molar-refractivity contribution in [1.82, 2.24) is 0 Å². The van der Waals surface area contributed by atoms with E-state index in [0.717, 1.165) is 35.6 Å². The lowest BCUT2D eigenvalue weighted by molar-refractivity contribution is -0.140. The molecule has 1 aromatic heterocycles. The van der Waals surface area contributed by atoms with Gasteiger partial charge in [0.2, 0.25) is 0 Å². The monoisotopic (exact) mass is 328 g/mol. The van der Waals surface area contributed by atoms with Gasteiger partial charge in [-0.15, -0.1) is 11.3 Å². The van der Waals surface area contributed by atoms with Crippen LogP contribution < -0.4 is 11.1 Å². The van der Waals surface area contributed by atoms with E-state index in [0.29, 0.717) is 4.88 Å². The summed E-state index contributed by atoms with van der Waals surface area (Å²) < 4.78 is 40.9. The smallest absolute Gasteiger partial charge is 0.350 e. The lowest BCUT2D eigenvalue weighted by atomic mass is 10.1. The number of nitrogens with one attached hydrogen (secondary N) is 1. The number of hydrogen-bond donors (Lipinski definition) is 2. The molecular formula is C14H11F3N2O2S. The molecule has 2 rings (SSSR count). The summed E-state index contributed by atoms with van der Waals surface area (Å²) in [6.45, 7) is 1.64. The van der Waals surface area contributed by atoms with Gasteiger partial charge < -0.3 is 11.1 Å². The zero-order valence-electron chi connectivity index (χ0n) is 11.3. The fraction of sp³-hybridized carbons (Fsp3) is 0.143. The van der Waals surface area contributed by atoms with Gasteiger partial charge in [-0.1, -0.05) is 0 Å². The predicted octanol–water partition coefficient (Wildman–Crippen LogP) is 3.03. The van der Waals surface area contributed by atoms with Crippen molar-refractivity contribution >= 4 is 28.2 Å². The molecule has 0 saturated carbocycles. The average molecular weight is 328 g/mol. The zero-order chi connectivity index (χ0) is 16.5. The molecule has 3 N–H and O–H groups in total. The minimum atomic E-state index is -3.87. The number of nitrogens with two attached hydrogens (primary N) is 1. The van der Waals surface area contributed by atoms with Crippen LogP contribution in [0.3, 0.4) is 0 Å². The maximum Gasteiger partial charge on any atom is 0.350 e. The molecule has 0 aliphatic heterocycles. The molecule has 0 aliphatic rings. The number of anilines is 1. The quantitative estimate of drug-likeness (QED) is 0.905. The van der Waals surface area contributed by atoms with Gasteiger partial charge in [0.05, 0.1) is 5.56 Å². The zero-order valence-corrected chi connectivity index (χ0v) is 12.1. The molecule has 1 heterocycles. The number of benzene rings is 1. The van der Waals surface area contributed by atoms with Gasteiger partial charge in [-0.05, 0) is 37.3 Å². The summed E-state index contributed by atoms with van der Waals surface area (Å²) in [5.41, 5.74) is 4.44. The van der Waals surface area contributed by atoms with Gasteiger partial charge in [-0.3, -0.25) is 9.59 Å². The second-order valence-electron chi connectivity index (χ2n) is 4.50. The Bertz CT molecular complexity index is 726. The molecule has 0 atom stereocenters. The van der Waals surface area contributed by atoms with Crippen LogP contribution in [0.2, 0.25) is 0 Å². The lowest BCUT2D eigenvalue weighted by Gasteiger charge is -2.16. The first-order chi connectivity index (χ1) is 10.2. The summed E-state index contributed by atoms with van der Waals surface area (Å²) in [5.74, 6) is -7.02. The van der Waals surface area contributed by atoms with Crippen molar-refractivity contribution in [2.45, 2.75) is 12.8 Å². The molecule has 0 aliphatic carbocycles. The highest BCUT2D eigenvalue weighted by Crippen LogP contribution is 2.33. The molecule has 4 nitrogen and oxygen atoms in total. The van der Waals surface area contributed by atoms with E-state index < -0.39 is 29.1 Å². The highest BCUT2D eigenvalue weighted by Gasteiger charge is 2.41. The van der Waals surface area contributed by atoms with Crippen LogP contribution in [-0.4, -0.2) is 11.8 Å². The number of aryl methyl sites for hydroxylation is 1. The van der Waals surface area contributed by atoms with E-state index in [4.69, 9.17) is 5.73 Å². The number of alkyl halides is 2. The van der Waals surface area contributed by atoms with Crippen molar-refractivity contribution in [3.8, 4) is 0 Å². The van der Waals surface area contributed by atoms with Crippen molar-refractivity contribution in [1.29, 1.82) is 0 Å². The second kappa shape index (κ2) is 5.80. The molecule has 22 heavy (non-hydrogen) atoms. The largest absolute Gasteiger partial charge is 0.366 e. The fourth-order valence-electron chi connectivity index (χ4n) is 1.76. The third-order valence-corrected chi connectivity index (χ3v) is 3.81. The van der Waals surface area contributed by atoms with Crippen molar-refractivity contribution in [3.05, 3.63) is 52.2 Å². The van der Waals surface area contributed by atoms with Gasteiger partial charge >= 0.3 is 5.92 Å². The minimum Gasteiger partial charge on any atom is -0.366 e. The van der Waals surface area contributed by atoms with Gasteiger partial charge in [-0.25, -0.2) is 4.39 Å². The third-order valence-electron chi connectivity index (χ3n) is 2.84. The van der Waals surface area contributed by atoms with E-state index in [1.54, 1.807) is 6.92 Å². The number of carbonyl (C=O) groups is 2. The first-order valence-corrected chi connectivity index (χ1v) is 6.89. The van der Waals surface area contributed by atoms with Crippen molar-refractivity contribution in [3.63, 3.8) is 0 Å². The van der Waals surface area contributed by atoms with Gasteiger partial charge in [0.25, 0.3) is 11.8 Å². The standard InChI is InChI=1S/C14H11F3N2O2S/c1-7-6-10(11(18)20)12(22-7)19-13(21)14(16,17)8-2-4-9(15)5-3-8/h2-6H,1H3,(H2,18,20)(H,19,21). The van der Waals surface area contributed by atoms with E-state index in [1.807, 2.05) is 5.32 Å². The van der Waals surface area contributed by atoms with Crippen LogP contribution in [0.15, 0.2) is 30.3 Å². The number of amides is 2. The molecule has 2 aromatic rings. The number of primary amides is 1. The lowest BCUT2D eigenvalue weighted by Crippen LogP contribution is -2.32. The molecule has 0 unspecified atom stereocenters. The van der Waals surface area contributed by atoms with Crippen LogP contribution in [0.1, 0.15) is 20.8 Å². The molecule has 0 radical (unpaired) electrons. The number of carbonyl (C=O) groups excluding carboxylic acids is 2. The van der Waals surface area contributed by atoms with Crippen LogP contribution in [0, 0.1) is 12.7 Å². The van der Waals surface area contributed by atoms with Crippen molar-refractivity contribution in [2.75, 3.05) is 5.32 Å². The first-order valence-electron chi connectivity index (χ1n) is 6.07. The predicted molar refractivity (Wildman–Crippen MR) is 76.5 cm³/mol. The average Bonchev–Trinajstić information content (AvgIpc) is 2.80. The Morgan fingerprint density at radius 2 is 1.82 bits per heavy atom. The fourth-order valence-corrected chi connectivity index (χ4v) is 2.67. The van der Waals surface area contributed by atoms with Crippen LogP contribution in [0.4, 0.5) is 18.2 Å². The molecule has 0 saturated heterocycles. The number of rotatable bonds is 4. The Balaban J connectivity index is 2.28. The minimum absolute atomic E-state index is 0.0363. The molecular weight excluding hydrogens is 317 g/mol. The van der Waals surface area contributed by atoms with Crippen LogP contribution in [-0.2, 0) is 10.7 Å². The summed E-state index contributed by atoms with van der Waals surface area (Å²) in [7, 11) is 0. The molecule has 2 amide bonds. The normalized spacial score (nSPS) is 11.3. The maximum absolute atomic E-state index is 14.1. The van der Waals surface area contributed by atoms with E-state index in [1.165, 1.54) is 6.07 Å². The Kier molecular flexibility index (Phi) is 4.23. The summed E-state index contributed by atoms with van der Waals surface area (Å²) in [4.78, 5) is 23.7. The van der Waals surface area contributed by atoms with Crippen LogP contribution >= 0.6 is 11.3 Å². The summed E-state index contributed by atoms with van der Waals surface area (Å²) in [5, 5.41) is 1.96. The van der Waals surface area contributed by atoms with Crippen LogP contribution in [0.25, 0.3) is 0 Å². The topological polar surface area (TPSA) is 72.2 Å². The molecule has 8 heteroatoms. The summed E-state index contributed by atoms with van der Waals surface area (Å²) in [6.07, 6.45) is 0. The molecule has 0 bridgehead atoms. The molecule has 0 fully saturated rings. The van der Waals surface area contributed by atoms with Crippen molar-refractivity contribution < 1.29 is 22.8 Å². The van der Waals surface area contributed by atoms with Crippen molar-refractivity contribution in [2.24, 2.45) is 5.73 Å². The molecule has 0 spiro atoms. The third kappa shape index (κ3) is 3.11. The van der Waals surface area contributed by atoms with Crippen LogP contribution in [0.5, 0.6) is 0 Å². The maximum atomic E-state index is 14.1. The Morgan fingerprint density at radius 1 is 1.23 bits per heavy atom. The molecule has 116 valence electrons. The Labute approximate surface area is 127 Å². The first kappa shape index (κ1) is 16.0. The highest BCUT2D eigenvalue weighted by atomic mass is 32.1. The van der Waals surface area contributed by atoms with E-state index >= 15 is 0 Å². The number of hydrogen-bond acceptors (Lipinski definition) is 3. The number of halogens is 3. The van der Waals surface area contributed by atoms with Gasteiger partial charge in [0.15, 0.2) is 0 Å². The van der Waals surface area contributed by atoms with E-state index in [2.05, 4.69) is 0 Å². The SMILES string of the molecule is Cc1cc(C(N)=O)c(NC(=O)C(F)(F)c2ccc(F)cc2)s1. The Hall–Kier alpha value is -2.35. The number of thiophene rings is 1. The van der Waals surface area contributed by atoms with Gasteiger partial charge in [-0.2, -0.15) is 8.78 Å². The summed E-state index contributed by atoms with van der Waals surface area (Å²) >= 11 is 0.959. The highest BCUT2D eigenvalue weighted by molar-refractivity contribution is 7.16. The van der Waals surface area contributed by atoms with E-state index in [9.17, 15) is 22.8 Å².